The Morgan fingerprint density at radius 3 is 2.41 bits per heavy atom. The summed E-state index contributed by atoms with van der Waals surface area (Å²) in [5.74, 6) is -0.899. The zero-order valence-corrected chi connectivity index (χ0v) is 13.8. The molecule has 1 aromatic heterocycles. The Labute approximate surface area is 139 Å². The van der Waals surface area contributed by atoms with E-state index in [1.54, 1.807) is 0 Å². The number of hydrogen-bond donors (Lipinski definition) is 1. The maximum atomic E-state index is 10.8. The van der Waals surface area contributed by atoms with E-state index in [-0.39, 0.29) is 5.75 Å². The lowest BCUT2D eigenvalue weighted by Crippen LogP contribution is -2.00. The quantitative estimate of drug-likeness (QED) is 0.692. The summed E-state index contributed by atoms with van der Waals surface area (Å²) in [6, 6.07) is 15.6. The van der Waals surface area contributed by atoms with Crippen molar-refractivity contribution in [3.8, 4) is 11.3 Å². The van der Waals surface area contributed by atoms with Gasteiger partial charge < -0.3 is 5.11 Å². The van der Waals surface area contributed by atoms with Gasteiger partial charge in [0.25, 0.3) is 0 Å². The summed E-state index contributed by atoms with van der Waals surface area (Å²) in [5, 5.41) is 19.9. The summed E-state index contributed by atoms with van der Waals surface area (Å²) in [5.41, 5.74) is 1.77. The van der Waals surface area contributed by atoms with Crippen molar-refractivity contribution >= 4 is 44.4 Å². The number of carboxylic acids is 1. The first-order chi connectivity index (χ1) is 10.6. The van der Waals surface area contributed by atoms with Gasteiger partial charge in [0.2, 0.25) is 0 Å². The van der Waals surface area contributed by atoms with Crippen LogP contribution in [0.2, 0.25) is 0 Å². The van der Waals surface area contributed by atoms with Crippen LogP contribution in [0.3, 0.4) is 0 Å². The van der Waals surface area contributed by atoms with Gasteiger partial charge >= 0.3 is 5.97 Å². The van der Waals surface area contributed by atoms with Gasteiger partial charge in [-0.3, -0.25) is 4.79 Å². The monoisotopic (exact) mass is 374 g/mol. The Hall–Kier alpha value is -1.92. The summed E-state index contributed by atoms with van der Waals surface area (Å²) in [6.45, 7) is 0. The molecule has 0 aliphatic heterocycles. The van der Waals surface area contributed by atoms with Crippen LogP contribution in [0.25, 0.3) is 22.0 Å². The molecule has 110 valence electrons. The first-order valence-electron chi connectivity index (χ1n) is 6.51. The number of carbonyl (C=O) groups is 1. The molecule has 3 rings (SSSR count). The number of hydrogen-bond acceptors (Lipinski definition) is 4. The van der Waals surface area contributed by atoms with Crippen molar-refractivity contribution in [3.63, 3.8) is 0 Å². The van der Waals surface area contributed by atoms with Crippen LogP contribution in [-0.2, 0) is 4.79 Å². The minimum absolute atomic E-state index is 0.0314. The van der Waals surface area contributed by atoms with Crippen LogP contribution in [0.15, 0.2) is 58.0 Å². The molecule has 0 saturated heterocycles. The maximum Gasteiger partial charge on any atom is 0.313 e. The number of aromatic nitrogens is 2. The van der Waals surface area contributed by atoms with Gasteiger partial charge in [0.1, 0.15) is 10.7 Å². The lowest BCUT2D eigenvalue weighted by molar-refractivity contribution is -0.133. The van der Waals surface area contributed by atoms with Crippen LogP contribution in [0.1, 0.15) is 0 Å². The summed E-state index contributed by atoms with van der Waals surface area (Å²) >= 11 is 4.60. The van der Waals surface area contributed by atoms with E-state index in [9.17, 15) is 4.79 Å². The summed E-state index contributed by atoms with van der Waals surface area (Å²) < 4.78 is 1.00. The molecule has 22 heavy (non-hydrogen) atoms. The van der Waals surface area contributed by atoms with Crippen LogP contribution in [0, 0.1) is 0 Å². The first-order valence-corrected chi connectivity index (χ1v) is 8.29. The van der Waals surface area contributed by atoms with Crippen molar-refractivity contribution in [2.75, 3.05) is 5.75 Å². The second kappa shape index (κ2) is 6.46. The summed E-state index contributed by atoms with van der Waals surface area (Å²) in [4.78, 5) is 10.8. The van der Waals surface area contributed by atoms with Crippen LogP contribution >= 0.6 is 27.7 Å². The van der Waals surface area contributed by atoms with E-state index in [1.165, 1.54) is 11.8 Å². The van der Waals surface area contributed by atoms with Crippen molar-refractivity contribution in [1.29, 1.82) is 0 Å². The standard InChI is InChI=1S/C16H11BrN2O2S/c17-11-7-5-10(6-8-11)15-12-3-1-2-4-13(12)16(19-18-15)22-9-14(20)21/h1-8H,9H2,(H,20,21). The highest BCUT2D eigenvalue weighted by Gasteiger charge is 2.12. The summed E-state index contributed by atoms with van der Waals surface area (Å²) in [6.07, 6.45) is 0. The Balaban J connectivity index is 2.11. The molecule has 0 aliphatic carbocycles. The molecule has 0 spiro atoms. The van der Waals surface area contributed by atoms with Gasteiger partial charge in [-0.1, -0.05) is 64.1 Å². The van der Waals surface area contributed by atoms with E-state index in [2.05, 4.69) is 26.1 Å². The Bertz CT molecular complexity index is 837. The minimum Gasteiger partial charge on any atom is -0.481 e. The third-order valence-electron chi connectivity index (χ3n) is 3.10. The number of aliphatic carboxylic acids is 1. The molecular formula is C16H11BrN2O2S. The average Bonchev–Trinajstić information content (AvgIpc) is 2.53. The predicted molar refractivity (Wildman–Crippen MR) is 91.0 cm³/mol. The Morgan fingerprint density at radius 1 is 1.05 bits per heavy atom. The third-order valence-corrected chi connectivity index (χ3v) is 4.60. The largest absolute Gasteiger partial charge is 0.481 e. The van der Waals surface area contributed by atoms with Crippen LogP contribution in [-0.4, -0.2) is 27.0 Å². The van der Waals surface area contributed by atoms with Crippen molar-refractivity contribution in [2.24, 2.45) is 0 Å². The van der Waals surface area contributed by atoms with Crippen LogP contribution in [0.5, 0.6) is 0 Å². The second-order valence-electron chi connectivity index (χ2n) is 4.59. The van der Waals surface area contributed by atoms with Gasteiger partial charge in [0.05, 0.1) is 5.75 Å². The molecule has 1 heterocycles. The number of halogens is 1. The molecule has 1 N–H and O–H groups in total. The zero-order chi connectivity index (χ0) is 15.5. The molecule has 6 heteroatoms. The topological polar surface area (TPSA) is 63.1 Å². The van der Waals surface area contributed by atoms with Gasteiger partial charge in [-0.15, -0.1) is 10.2 Å². The van der Waals surface area contributed by atoms with Crippen molar-refractivity contribution in [1.82, 2.24) is 10.2 Å². The van der Waals surface area contributed by atoms with E-state index in [0.29, 0.717) is 5.03 Å². The number of nitrogens with zero attached hydrogens (tertiary/aromatic N) is 2. The van der Waals surface area contributed by atoms with E-state index < -0.39 is 5.97 Å². The van der Waals surface area contributed by atoms with Crippen molar-refractivity contribution < 1.29 is 9.90 Å². The fourth-order valence-corrected chi connectivity index (χ4v) is 3.09. The Kier molecular flexibility index (Phi) is 4.40. The van der Waals surface area contributed by atoms with E-state index in [4.69, 9.17) is 5.11 Å². The van der Waals surface area contributed by atoms with Crippen LogP contribution < -0.4 is 0 Å². The predicted octanol–water partition coefficient (Wildman–Crippen LogP) is 4.24. The lowest BCUT2D eigenvalue weighted by Gasteiger charge is -2.08. The van der Waals surface area contributed by atoms with Gasteiger partial charge in [0, 0.05) is 20.8 Å². The molecule has 0 unspecified atom stereocenters. The highest BCUT2D eigenvalue weighted by atomic mass is 79.9. The number of benzene rings is 2. The molecule has 2 aromatic carbocycles. The number of carboxylic acid groups (broad SMARTS) is 1. The minimum atomic E-state index is -0.868. The van der Waals surface area contributed by atoms with Gasteiger partial charge in [-0.05, 0) is 12.1 Å². The molecule has 0 amide bonds. The summed E-state index contributed by atoms with van der Waals surface area (Å²) in [7, 11) is 0. The molecule has 0 aliphatic rings. The fourth-order valence-electron chi connectivity index (χ4n) is 2.14. The fraction of sp³-hybridized carbons (Fsp3) is 0.0625. The highest BCUT2D eigenvalue weighted by Crippen LogP contribution is 2.32. The number of rotatable bonds is 4. The average molecular weight is 375 g/mol. The maximum absolute atomic E-state index is 10.8. The van der Waals surface area contributed by atoms with Crippen molar-refractivity contribution in [3.05, 3.63) is 53.0 Å². The molecule has 4 nitrogen and oxygen atoms in total. The third kappa shape index (κ3) is 3.13. The second-order valence-corrected chi connectivity index (χ2v) is 6.47. The molecule has 0 bridgehead atoms. The Morgan fingerprint density at radius 2 is 1.73 bits per heavy atom. The zero-order valence-electron chi connectivity index (χ0n) is 11.4. The molecule has 3 aromatic rings. The molecular weight excluding hydrogens is 364 g/mol. The smallest absolute Gasteiger partial charge is 0.313 e. The normalized spacial score (nSPS) is 10.8. The molecule has 0 atom stereocenters. The molecule has 0 fully saturated rings. The molecule has 0 saturated carbocycles. The SMILES string of the molecule is O=C(O)CSc1nnc(-c2ccc(Br)cc2)c2ccccc12. The van der Waals surface area contributed by atoms with Crippen LogP contribution in [0.4, 0.5) is 0 Å². The van der Waals surface area contributed by atoms with Gasteiger partial charge in [-0.25, -0.2) is 0 Å². The first kappa shape index (κ1) is 15.0. The molecule has 0 radical (unpaired) electrons. The van der Waals surface area contributed by atoms with Gasteiger partial charge in [0.15, 0.2) is 0 Å². The lowest BCUT2D eigenvalue weighted by atomic mass is 10.1. The van der Waals surface area contributed by atoms with E-state index in [0.717, 1.165) is 26.5 Å². The highest BCUT2D eigenvalue weighted by molar-refractivity contribution is 9.10. The number of fused-ring (bicyclic) bond motifs is 1. The van der Waals surface area contributed by atoms with E-state index in [1.807, 2.05) is 48.5 Å². The van der Waals surface area contributed by atoms with Crippen molar-refractivity contribution in [2.45, 2.75) is 5.03 Å². The van der Waals surface area contributed by atoms with Gasteiger partial charge in [-0.2, -0.15) is 0 Å². The number of thioether (sulfide) groups is 1. The van der Waals surface area contributed by atoms with E-state index >= 15 is 0 Å².